The van der Waals surface area contributed by atoms with Gasteiger partial charge < -0.3 is 20.5 Å². The van der Waals surface area contributed by atoms with Crippen LogP contribution < -0.4 is 10.6 Å². The molecule has 0 heterocycles. The third-order valence-corrected chi connectivity index (χ3v) is 4.11. The second kappa shape index (κ2) is 8.15. The van der Waals surface area contributed by atoms with E-state index >= 15 is 0 Å². The van der Waals surface area contributed by atoms with E-state index in [1.165, 1.54) is 12.8 Å². The van der Waals surface area contributed by atoms with Crippen LogP contribution in [0.1, 0.15) is 44.1 Å². The Hall–Kier alpha value is -1.59. The fourth-order valence-electron chi connectivity index (χ4n) is 2.89. The zero-order valence-corrected chi connectivity index (χ0v) is 13.2. The maximum Gasteiger partial charge on any atom is 0.319 e. The number of carbonyl (C=O) groups is 1. The lowest BCUT2D eigenvalue weighted by Gasteiger charge is -2.26. The number of methoxy groups -OCH3 is 1. The van der Waals surface area contributed by atoms with Crippen LogP contribution in [0.25, 0.3) is 0 Å². The molecule has 0 aromatic heterocycles. The van der Waals surface area contributed by atoms with E-state index in [4.69, 9.17) is 4.74 Å². The lowest BCUT2D eigenvalue weighted by Crippen LogP contribution is -2.44. The van der Waals surface area contributed by atoms with Gasteiger partial charge in [-0.15, -0.1) is 0 Å². The monoisotopic (exact) mass is 306 g/mol. The molecule has 1 aromatic rings. The van der Waals surface area contributed by atoms with Crippen LogP contribution in [0.2, 0.25) is 0 Å². The van der Waals surface area contributed by atoms with Crippen molar-refractivity contribution < 1.29 is 14.6 Å². The molecule has 1 fully saturated rings. The number of amides is 2. The highest BCUT2D eigenvalue weighted by atomic mass is 16.5. The average Bonchev–Trinajstić information content (AvgIpc) is 2.71. The molecule has 0 spiro atoms. The first-order chi connectivity index (χ1) is 10.6. The number of hydrogen-bond donors (Lipinski definition) is 3. The second-order valence-corrected chi connectivity index (χ2v) is 6.08. The summed E-state index contributed by atoms with van der Waals surface area (Å²) in [5, 5.41) is 16.1. The number of ether oxygens (including phenoxy) is 1. The Labute approximate surface area is 132 Å². The Morgan fingerprint density at radius 2 is 2.00 bits per heavy atom. The normalized spacial score (nSPS) is 17.5. The number of benzene rings is 1. The summed E-state index contributed by atoms with van der Waals surface area (Å²) in [5.74, 6) is 0. The van der Waals surface area contributed by atoms with Gasteiger partial charge in [0.05, 0.1) is 12.2 Å². The van der Waals surface area contributed by atoms with Gasteiger partial charge in [0, 0.05) is 19.3 Å². The lowest BCUT2D eigenvalue weighted by molar-refractivity contribution is 0.0281. The SMILES string of the molecule is COCc1cccc(NC(=O)NCC2(O)CCCCCC2)c1. The third kappa shape index (κ3) is 5.31. The van der Waals surface area contributed by atoms with Gasteiger partial charge in [0.15, 0.2) is 0 Å². The first-order valence-electron chi connectivity index (χ1n) is 7.96. The molecular weight excluding hydrogens is 280 g/mol. The summed E-state index contributed by atoms with van der Waals surface area (Å²) in [5.41, 5.74) is 0.966. The first kappa shape index (κ1) is 16.8. The lowest BCUT2D eigenvalue weighted by atomic mass is 9.95. The predicted molar refractivity (Wildman–Crippen MR) is 86.8 cm³/mol. The Balaban J connectivity index is 1.83. The van der Waals surface area contributed by atoms with Crippen molar-refractivity contribution in [1.82, 2.24) is 5.32 Å². The maximum absolute atomic E-state index is 12.0. The number of nitrogens with one attached hydrogen (secondary N) is 2. The number of carbonyl (C=O) groups excluding carboxylic acids is 1. The molecule has 2 rings (SSSR count). The van der Waals surface area contributed by atoms with Crippen LogP contribution in [0.15, 0.2) is 24.3 Å². The second-order valence-electron chi connectivity index (χ2n) is 6.08. The minimum absolute atomic E-state index is 0.285. The fraction of sp³-hybridized carbons (Fsp3) is 0.588. The number of hydrogen-bond acceptors (Lipinski definition) is 3. The van der Waals surface area contributed by atoms with Gasteiger partial charge in [0.2, 0.25) is 0 Å². The van der Waals surface area contributed by atoms with Crippen LogP contribution in [0, 0.1) is 0 Å². The Kier molecular flexibility index (Phi) is 6.21. The maximum atomic E-state index is 12.0. The van der Waals surface area contributed by atoms with Gasteiger partial charge in [-0.1, -0.05) is 37.8 Å². The molecule has 1 aromatic carbocycles. The highest BCUT2D eigenvalue weighted by molar-refractivity contribution is 5.89. The van der Waals surface area contributed by atoms with Gasteiger partial charge in [0.1, 0.15) is 0 Å². The zero-order valence-electron chi connectivity index (χ0n) is 13.2. The largest absolute Gasteiger partial charge is 0.388 e. The van der Waals surface area contributed by atoms with Crippen LogP contribution in [0.3, 0.4) is 0 Å². The van der Waals surface area contributed by atoms with E-state index < -0.39 is 5.60 Å². The molecule has 1 aliphatic rings. The third-order valence-electron chi connectivity index (χ3n) is 4.11. The highest BCUT2D eigenvalue weighted by Gasteiger charge is 2.28. The smallest absolute Gasteiger partial charge is 0.319 e. The number of urea groups is 1. The van der Waals surface area contributed by atoms with E-state index in [-0.39, 0.29) is 6.03 Å². The quantitative estimate of drug-likeness (QED) is 0.732. The van der Waals surface area contributed by atoms with E-state index in [0.717, 1.165) is 36.9 Å². The summed E-state index contributed by atoms with van der Waals surface area (Å²) in [6.07, 6.45) is 5.91. The minimum atomic E-state index is -0.758. The summed E-state index contributed by atoms with van der Waals surface area (Å²) in [7, 11) is 1.64. The Bertz CT molecular complexity index is 483. The molecule has 0 saturated heterocycles. The van der Waals surface area contributed by atoms with Crippen molar-refractivity contribution in [1.29, 1.82) is 0 Å². The molecule has 0 radical (unpaired) electrons. The fourth-order valence-corrected chi connectivity index (χ4v) is 2.89. The summed E-state index contributed by atoms with van der Waals surface area (Å²) < 4.78 is 5.08. The molecule has 0 aliphatic heterocycles. The summed E-state index contributed by atoms with van der Waals surface area (Å²) in [4.78, 5) is 12.0. The van der Waals surface area contributed by atoms with Crippen molar-refractivity contribution in [3.05, 3.63) is 29.8 Å². The van der Waals surface area contributed by atoms with Crippen LogP contribution in [-0.2, 0) is 11.3 Å². The number of aliphatic hydroxyl groups is 1. The Morgan fingerprint density at radius 1 is 1.27 bits per heavy atom. The molecule has 5 nitrogen and oxygen atoms in total. The van der Waals surface area contributed by atoms with E-state index in [0.29, 0.717) is 13.2 Å². The van der Waals surface area contributed by atoms with Crippen molar-refractivity contribution in [3.63, 3.8) is 0 Å². The van der Waals surface area contributed by atoms with Crippen molar-refractivity contribution >= 4 is 11.7 Å². The molecule has 0 atom stereocenters. The van der Waals surface area contributed by atoms with Crippen LogP contribution in [-0.4, -0.2) is 30.4 Å². The summed E-state index contributed by atoms with van der Waals surface area (Å²) >= 11 is 0. The molecule has 1 saturated carbocycles. The molecule has 22 heavy (non-hydrogen) atoms. The van der Waals surface area contributed by atoms with Crippen LogP contribution in [0.4, 0.5) is 10.5 Å². The Morgan fingerprint density at radius 3 is 2.68 bits per heavy atom. The van der Waals surface area contributed by atoms with Crippen LogP contribution in [0.5, 0.6) is 0 Å². The van der Waals surface area contributed by atoms with Gasteiger partial charge >= 0.3 is 6.03 Å². The van der Waals surface area contributed by atoms with Crippen LogP contribution >= 0.6 is 0 Å². The number of anilines is 1. The van der Waals surface area contributed by atoms with Gasteiger partial charge in [-0.3, -0.25) is 0 Å². The molecule has 2 amide bonds. The van der Waals surface area contributed by atoms with Crippen molar-refractivity contribution in [2.75, 3.05) is 19.0 Å². The first-order valence-corrected chi connectivity index (χ1v) is 7.96. The molecule has 1 aliphatic carbocycles. The van der Waals surface area contributed by atoms with Crippen molar-refractivity contribution in [2.45, 2.75) is 50.7 Å². The van der Waals surface area contributed by atoms with E-state index in [1.54, 1.807) is 7.11 Å². The van der Waals surface area contributed by atoms with Crippen molar-refractivity contribution in [2.24, 2.45) is 0 Å². The molecule has 0 bridgehead atoms. The molecule has 3 N–H and O–H groups in total. The predicted octanol–water partition coefficient (Wildman–Crippen LogP) is 3.04. The zero-order chi connectivity index (χ0) is 15.8. The van der Waals surface area contributed by atoms with Gasteiger partial charge in [-0.05, 0) is 30.5 Å². The summed E-state index contributed by atoms with van der Waals surface area (Å²) in [6.45, 7) is 0.813. The van der Waals surface area contributed by atoms with Gasteiger partial charge in [0.25, 0.3) is 0 Å². The molecular formula is C17H26N2O3. The van der Waals surface area contributed by atoms with Gasteiger partial charge in [-0.25, -0.2) is 4.79 Å². The standard InChI is InChI=1S/C17H26N2O3/c1-22-12-14-7-6-8-15(11-14)19-16(20)18-13-17(21)9-4-2-3-5-10-17/h6-8,11,21H,2-5,9-10,12-13H2,1H3,(H2,18,19,20). The average molecular weight is 306 g/mol. The topological polar surface area (TPSA) is 70.6 Å². The summed E-state index contributed by atoms with van der Waals surface area (Å²) in [6, 6.07) is 7.25. The highest BCUT2D eigenvalue weighted by Crippen LogP contribution is 2.26. The van der Waals surface area contributed by atoms with E-state index in [1.807, 2.05) is 24.3 Å². The molecule has 5 heteroatoms. The molecule has 122 valence electrons. The molecule has 0 unspecified atom stereocenters. The van der Waals surface area contributed by atoms with E-state index in [9.17, 15) is 9.90 Å². The van der Waals surface area contributed by atoms with E-state index in [2.05, 4.69) is 10.6 Å². The van der Waals surface area contributed by atoms with Gasteiger partial charge in [-0.2, -0.15) is 0 Å². The number of rotatable bonds is 5. The van der Waals surface area contributed by atoms with Crippen molar-refractivity contribution in [3.8, 4) is 0 Å². The minimum Gasteiger partial charge on any atom is -0.388 e.